The number of carbonyl (C=O) groups excluding carboxylic acids is 2. The van der Waals surface area contributed by atoms with Crippen LogP contribution in [0.15, 0.2) is 12.4 Å². The van der Waals surface area contributed by atoms with Crippen LogP contribution in [0, 0.1) is 17.3 Å². The first-order valence-corrected chi connectivity index (χ1v) is 6.30. The first kappa shape index (κ1) is 12.1. The van der Waals surface area contributed by atoms with Gasteiger partial charge >= 0.3 is 0 Å². The lowest BCUT2D eigenvalue weighted by Gasteiger charge is -2.19. The highest BCUT2D eigenvalue weighted by atomic mass is 16.2. The quantitative estimate of drug-likeness (QED) is 0.808. The highest BCUT2D eigenvalue weighted by molar-refractivity contribution is 6.10. The van der Waals surface area contributed by atoms with Crippen molar-refractivity contribution < 1.29 is 9.59 Å². The van der Waals surface area contributed by atoms with Crippen LogP contribution in [0.2, 0.25) is 0 Å². The van der Waals surface area contributed by atoms with E-state index < -0.39 is 0 Å². The number of rotatable bonds is 3. The molecule has 1 aromatic rings. The van der Waals surface area contributed by atoms with Crippen LogP contribution in [0.3, 0.4) is 0 Å². The Labute approximate surface area is 111 Å². The summed E-state index contributed by atoms with van der Waals surface area (Å²) in [4.78, 5) is 33.9. The van der Waals surface area contributed by atoms with Crippen LogP contribution >= 0.6 is 0 Å². The molecule has 2 fully saturated rings. The topological polar surface area (TPSA) is 75.2 Å². The number of fused-ring (bicyclic) bond motifs is 1. The summed E-state index contributed by atoms with van der Waals surface area (Å²) in [7, 11) is 1.76. The fraction of sp³-hybridized carbons (Fsp3) is 0.538. The van der Waals surface area contributed by atoms with E-state index in [9.17, 15) is 9.59 Å². The second-order valence-electron chi connectivity index (χ2n) is 5.68. The summed E-state index contributed by atoms with van der Waals surface area (Å²) in [6, 6.07) is 0. The Morgan fingerprint density at radius 1 is 1.21 bits per heavy atom. The Morgan fingerprint density at radius 3 is 2.32 bits per heavy atom. The van der Waals surface area contributed by atoms with Gasteiger partial charge < -0.3 is 5.32 Å². The number of amides is 2. The zero-order chi connectivity index (χ0) is 13.8. The largest absolute Gasteiger partial charge is 0.372 e. The number of aromatic nitrogens is 2. The fourth-order valence-corrected chi connectivity index (χ4v) is 2.89. The van der Waals surface area contributed by atoms with Crippen molar-refractivity contribution in [2.75, 3.05) is 12.4 Å². The van der Waals surface area contributed by atoms with Gasteiger partial charge in [-0.3, -0.25) is 19.5 Å². The van der Waals surface area contributed by atoms with E-state index in [0.29, 0.717) is 11.5 Å². The third-order valence-electron chi connectivity index (χ3n) is 4.17. The second-order valence-corrected chi connectivity index (χ2v) is 5.68. The Hall–Kier alpha value is -1.98. The molecular formula is C13H16N4O2. The van der Waals surface area contributed by atoms with Gasteiger partial charge in [-0.15, -0.1) is 0 Å². The van der Waals surface area contributed by atoms with Gasteiger partial charge in [-0.2, -0.15) is 0 Å². The summed E-state index contributed by atoms with van der Waals surface area (Å²) >= 11 is 0. The molecule has 2 heterocycles. The number of hydrogen-bond acceptors (Lipinski definition) is 5. The molecule has 2 atom stereocenters. The minimum Gasteiger partial charge on any atom is -0.372 e. The molecule has 1 aliphatic carbocycles. The molecule has 6 nitrogen and oxygen atoms in total. The maximum atomic E-state index is 12.1. The smallest absolute Gasteiger partial charge is 0.234 e. The van der Waals surface area contributed by atoms with Crippen molar-refractivity contribution in [1.82, 2.24) is 14.9 Å². The molecule has 19 heavy (non-hydrogen) atoms. The van der Waals surface area contributed by atoms with E-state index in [4.69, 9.17) is 0 Å². The Kier molecular flexibility index (Phi) is 2.39. The molecule has 0 aromatic carbocycles. The lowest BCUT2D eigenvalue weighted by molar-refractivity contribution is -0.143. The van der Waals surface area contributed by atoms with Crippen LogP contribution in [0.25, 0.3) is 0 Å². The van der Waals surface area contributed by atoms with Gasteiger partial charge in [-0.1, -0.05) is 13.8 Å². The average Bonchev–Trinajstić information content (AvgIpc) is 2.87. The molecule has 2 unspecified atom stereocenters. The maximum absolute atomic E-state index is 12.1. The molecule has 0 bridgehead atoms. The lowest BCUT2D eigenvalue weighted by atomic mass is 10.1. The third kappa shape index (κ3) is 1.63. The Morgan fingerprint density at radius 2 is 1.84 bits per heavy atom. The SMILES string of the molecule is CNc1cnc(CN2C(=O)C3C(C2=O)C3(C)C)cn1. The van der Waals surface area contributed by atoms with Crippen molar-refractivity contribution in [2.45, 2.75) is 20.4 Å². The van der Waals surface area contributed by atoms with Crippen LogP contribution < -0.4 is 5.32 Å². The van der Waals surface area contributed by atoms with Gasteiger partial charge in [0.05, 0.1) is 36.5 Å². The molecule has 1 saturated carbocycles. The maximum Gasteiger partial charge on any atom is 0.234 e. The van der Waals surface area contributed by atoms with Crippen LogP contribution in [0.4, 0.5) is 5.82 Å². The van der Waals surface area contributed by atoms with Crippen LogP contribution in [-0.2, 0) is 16.1 Å². The first-order chi connectivity index (χ1) is 8.96. The van der Waals surface area contributed by atoms with Gasteiger partial charge in [0.2, 0.25) is 11.8 Å². The molecule has 2 amide bonds. The number of nitrogens with zero attached hydrogens (tertiary/aromatic N) is 3. The van der Waals surface area contributed by atoms with Gasteiger partial charge in [-0.25, -0.2) is 4.98 Å². The molecule has 1 aliphatic heterocycles. The van der Waals surface area contributed by atoms with Gasteiger partial charge in [0.25, 0.3) is 0 Å². The molecule has 0 radical (unpaired) electrons. The second kappa shape index (κ2) is 3.76. The van der Waals surface area contributed by atoms with Crippen molar-refractivity contribution >= 4 is 17.6 Å². The molecule has 1 saturated heterocycles. The molecule has 2 aliphatic rings. The molecule has 0 spiro atoms. The van der Waals surface area contributed by atoms with Crippen molar-refractivity contribution in [3.05, 3.63) is 18.1 Å². The van der Waals surface area contributed by atoms with E-state index in [1.807, 2.05) is 13.8 Å². The minimum atomic E-state index is -0.160. The Bertz CT molecular complexity index is 528. The zero-order valence-electron chi connectivity index (χ0n) is 11.2. The third-order valence-corrected chi connectivity index (χ3v) is 4.17. The van der Waals surface area contributed by atoms with Gasteiger partial charge in [0, 0.05) is 7.05 Å². The van der Waals surface area contributed by atoms with E-state index in [1.165, 1.54) is 4.90 Å². The summed E-state index contributed by atoms with van der Waals surface area (Å²) in [6.45, 7) is 4.16. The number of hydrogen-bond donors (Lipinski definition) is 1. The van der Waals surface area contributed by atoms with Crippen molar-refractivity contribution in [3.8, 4) is 0 Å². The summed E-state index contributed by atoms with van der Waals surface area (Å²) in [5.41, 5.74) is 0.464. The van der Waals surface area contributed by atoms with E-state index in [-0.39, 0.29) is 35.6 Å². The van der Waals surface area contributed by atoms with Crippen molar-refractivity contribution in [3.63, 3.8) is 0 Å². The first-order valence-electron chi connectivity index (χ1n) is 6.30. The van der Waals surface area contributed by atoms with Crippen molar-refractivity contribution in [1.29, 1.82) is 0 Å². The average molecular weight is 260 g/mol. The van der Waals surface area contributed by atoms with Crippen LogP contribution in [0.1, 0.15) is 19.5 Å². The van der Waals surface area contributed by atoms with Gasteiger partial charge in [0.1, 0.15) is 5.82 Å². The number of piperidine rings is 1. The van der Waals surface area contributed by atoms with Crippen molar-refractivity contribution in [2.24, 2.45) is 17.3 Å². The molecule has 1 aromatic heterocycles. The number of carbonyl (C=O) groups is 2. The molecular weight excluding hydrogens is 244 g/mol. The lowest BCUT2D eigenvalue weighted by Crippen LogP contribution is -2.35. The highest BCUT2D eigenvalue weighted by Gasteiger charge is 2.72. The van der Waals surface area contributed by atoms with E-state index in [1.54, 1.807) is 19.4 Å². The standard InChI is InChI=1S/C13H16N4O2/c1-13(2)9-10(13)12(19)17(11(9)18)6-7-4-16-8(14-3)5-15-7/h4-5,9-10H,6H2,1-3H3,(H,14,16). The van der Waals surface area contributed by atoms with Gasteiger partial charge in [-0.05, 0) is 5.41 Å². The molecule has 1 N–H and O–H groups in total. The minimum absolute atomic E-state index is 0.0699. The molecule has 6 heteroatoms. The number of nitrogens with one attached hydrogen (secondary N) is 1. The zero-order valence-corrected chi connectivity index (χ0v) is 11.2. The summed E-state index contributed by atoms with van der Waals surface area (Å²) in [6.07, 6.45) is 3.17. The fourth-order valence-electron chi connectivity index (χ4n) is 2.89. The monoisotopic (exact) mass is 260 g/mol. The predicted octanol–water partition coefficient (Wildman–Crippen LogP) is 0.659. The molecule has 3 rings (SSSR count). The Balaban J connectivity index is 1.75. The number of imide groups is 1. The van der Waals surface area contributed by atoms with E-state index >= 15 is 0 Å². The van der Waals surface area contributed by atoms with Gasteiger partial charge in [0.15, 0.2) is 0 Å². The normalized spacial score (nSPS) is 27.4. The predicted molar refractivity (Wildman–Crippen MR) is 67.9 cm³/mol. The summed E-state index contributed by atoms with van der Waals surface area (Å²) in [5, 5.41) is 2.87. The summed E-state index contributed by atoms with van der Waals surface area (Å²) in [5.74, 6) is 0.250. The number of anilines is 1. The number of likely N-dealkylation sites (tertiary alicyclic amines) is 1. The van der Waals surface area contributed by atoms with E-state index in [0.717, 1.165) is 0 Å². The summed E-state index contributed by atoms with van der Waals surface area (Å²) < 4.78 is 0. The molecule has 100 valence electrons. The highest BCUT2D eigenvalue weighted by Crippen LogP contribution is 2.63. The van der Waals surface area contributed by atoms with Crippen LogP contribution in [0.5, 0.6) is 0 Å². The van der Waals surface area contributed by atoms with Crippen LogP contribution in [-0.4, -0.2) is 33.7 Å². The van der Waals surface area contributed by atoms with E-state index in [2.05, 4.69) is 15.3 Å².